The SMILES string of the molecule is CCc1nc2ncc(C)cn2c1C(=O)NCc1cnc(-c2nc3n(n2)CCC(C(F)(F)F)C3)c(F)c1. The number of alkyl halides is 3. The highest BCUT2D eigenvalue weighted by Gasteiger charge is 2.42. The topological polar surface area (TPSA) is 103 Å². The standard InChI is InChI=1S/C23H22F4N8O/c1-3-16-19(34-11-12(2)8-30-22(34)31-16)21(36)29-10-13-6-15(24)18(28-9-13)20-32-17-7-14(23(25,26)27)4-5-35(17)33-20/h6,8-9,11,14H,3-5,7,10H2,1-2H3,(H,29,36). The van der Waals surface area contributed by atoms with Crippen molar-refractivity contribution in [3.05, 3.63) is 58.8 Å². The second-order valence-electron chi connectivity index (χ2n) is 8.72. The van der Waals surface area contributed by atoms with E-state index < -0.39 is 17.9 Å². The Labute approximate surface area is 202 Å². The molecule has 13 heteroatoms. The zero-order chi connectivity index (χ0) is 25.6. The summed E-state index contributed by atoms with van der Waals surface area (Å²) < 4.78 is 57.0. The van der Waals surface area contributed by atoms with E-state index in [0.29, 0.717) is 29.1 Å². The lowest BCUT2D eigenvalue weighted by atomic mass is 9.98. The van der Waals surface area contributed by atoms with Crippen LogP contribution >= 0.6 is 0 Å². The molecule has 9 nitrogen and oxygen atoms in total. The molecule has 0 aromatic carbocycles. The van der Waals surface area contributed by atoms with Crippen LogP contribution in [-0.4, -0.2) is 46.2 Å². The molecule has 1 unspecified atom stereocenters. The van der Waals surface area contributed by atoms with Gasteiger partial charge in [-0.05, 0) is 37.0 Å². The van der Waals surface area contributed by atoms with Crippen molar-refractivity contribution in [2.45, 2.75) is 52.4 Å². The number of nitrogens with one attached hydrogen (secondary N) is 1. The molecule has 0 bridgehead atoms. The van der Waals surface area contributed by atoms with Crippen molar-refractivity contribution in [2.24, 2.45) is 5.92 Å². The monoisotopic (exact) mass is 502 g/mol. The lowest BCUT2D eigenvalue weighted by Crippen LogP contribution is -2.31. The average Bonchev–Trinajstić information content (AvgIpc) is 3.42. The first-order valence-electron chi connectivity index (χ1n) is 11.4. The fourth-order valence-electron chi connectivity index (χ4n) is 4.25. The van der Waals surface area contributed by atoms with Gasteiger partial charge in [0.25, 0.3) is 5.91 Å². The fourth-order valence-corrected chi connectivity index (χ4v) is 4.25. The van der Waals surface area contributed by atoms with E-state index in [1.165, 1.54) is 16.9 Å². The number of hydrogen-bond acceptors (Lipinski definition) is 6. The summed E-state index contributed by atoms with van der Waals surface area (Å²) >= 11 is 0. The first-order valence-corrected chi connectivity index (χ1v) is 11.4. The van der Waals surface area contributed by atoms with Gasteiger partial charge in [-0.1, -0.05) is 6.92 Å². The minimum absolute atomic E-state index is 0.000946. The summed E-state index contributed by atoms with van der Waals surface area (Å²) in [4.78, 5) is 29.8. The van der Waals surface area contributed by atoms with Crippen LogP contribution in [0.3, 0.4) is 0 Å². The van der Waals surface area contributed by atoms with Crippen molar-refractivity contribution >= 4 is 11.7 Å². The summed E-state index contributed by atoms with van der Waals surface area (Å²) in [6.45, 7) is 3.79. The van der Waals surface area contributed by atoms with E-state index in [-0.39, 0.29) is 49.2 Å². The van der Waals surface area contributed by atoms with Crippen molar-refractivity contribution in [1.82, 2.24) is 39.4 Å². The van der Waals surface area contributed by atoms with E-state index in [4.69, 9.17) is 0 Å². The number of amides is 1. The lowest BCUT2D eigenvalue weighted by molar-refractivity contribution is -0.179. The third-order valence-corrected chi connectivity index (χ3v) is 6.12. The number of imidazole rings is 1. The number of rotatable bonds is 5. The van der Waals surface area contributed by atoms with Gasteiger partial charge in [0.1, 0.15) is 17.2 Å². The Morgan fingerprint density at radius 1 is 1.22 bits per heavy atom. The number of pyridine rings is 1. The lowest BCUT2D eigenvalue weighted by Gasteiger charge is -2.24. The van der Waals surface area contributed by atoms with Crippen molar-refractivity contribution in [1.29, 1.82) is 0 Å². The Morgan fingerprint density at radius 3 is 2.75 bits per heavy atom. The number of aryl methyl sites for hydroxylation is 3. The number of carbonyl (C=O) groups is 1. The van der Waals surface area contributed by atoms with E-state index in [0.717, 1.165) is 5.56 Å². The molecule has 1 amide bonds. The summed E-state index contributed by atoms with van der Waals surface area (Å²) in [7, 11) is 0. The molecule has 5 heterocycles. The molecule has 0 spiro atoms. The Hall–Kier alpha value is -3.90. The van der Waals surface area contributed by atoms with Crippen LogP contribution in [0.15, 0.2) is 24.7 Å². The van der Waals surface area contributed by atoms with Crippen LogP contribution in [0.1, 0.15) is 46.5 Å². The number of nitrogens with zero attached hydrogens (tertiary/aromatic N) is 7. The molecule has 188 valence electrons. The molecule has 0 saturated carbocycles. The van der Waals surface area contributed by atoms with Crippen molar-refractivity contribution in [2.75, 3.05) is 0 Å². The molecule has 0 saturated heterocycles. The van der Waals surface area contributed by atoms with E-state index in [9.17, 15) is 22.4 Å². The maximum absolute atomic E-state index is 14.9. The number of aromatic nitrogens is 7. The molecule has 4 aromatic rings. The van der Waals surface area contributed by atoms with Crippen molar-refractivity contribution in [3.63, 3.8) is 0 Å². The second kappa shape index (κ2) is 8.95. The Morgan fingerprint density at radius 2 is 2.03 bits per heavy atom. The summed E-state index contributed by atoms with van der Waals surface area (Å²) in [5.41, 5.74) is 2.05. The predicted molar refractivity (Wildman–Crippen MR) is 119 cm³/mol. The van der Waals surface area contributed by atoms with Gasteiger partial charge in [0.2, 0.25) is 11.6 Å². The van der Waals surface area contributed by atoms with Gasteiger partial charge < -0.3 is 5.32 Å². The highest BCUT2D eigenvalue weighted by molar-refractivity contribution is 5.94. The van der Waals surface area contributed by atoms with Gasteiger partial charge in [-0.3, -0.25) is 9.20 Å². The predicted octanol–water partition coefficient (Wildman–Crippen LogP) is 3.45. The molecule has 1 N–H and O–H groups in total. The highest BCUT2D eigenvalue weighted by Crippen LogP contribution is 2.35. The Balaban J connectivity index is 1.32. The highest BCUT2D eigenvalue weighted by atomic mass is 19.4. The molecule has 36 heavy (non-hydrogen) atoms. The van der Waals surface area contributed by atoms with Gasteiger partial charge in [0.15, 0.2) is 5.82 Å². The number of halogens is 4. The fraction of sp³-hybridized carbons (Fsp3) is 0.391. The van der Waals surface area contributed by atoms with Crippen LogP contribution in [0.25, 0.3) is 17.3 Å². The first-order chi connectivity index (χ1) is 17.1. The quantitative estimate of drug-likeness (QED) is 0.420. The third-order valence-electron chi connectivity index (χ3n) is 6.12. The van der Waals surface area contributed by atoms with Crippen molar-refractivity contribution in [3.8, 4) is 11.5 Å². The molecule has 0 radical (unpaired) electrons. The van der Waals surface area contributed by atoms with E-state index in [1.54, 1.807) is 16.8 Å². The normalized spacial score (nSPS) is 15.8. The van der Waals surface area contributed by atoms with Gasteiger partial charge in [-0.25, -0.2) is 29.0 Å². The maximum atomic E-state index is 14.9. The van der Waals surface area contributed by atoms with E-state index in [1.807, 2.05) is 13.8 Å². The van der Waals surface area contributed by atoms with Crippen LogP contribution in [-0.2, 0) is 25.9 Å². The molecule has 4 aromatic heterocycles. The molecule has 1 aliphatic rings. The van der Waals surface area contributed by atoms with E-state index in [2.05, 4.69) is 30.4 Å². The second-order valence-corrected chi connectivity index (χ2v) is 8.72. The van der Waals surface area contributed by atoms with Gasteiger partial charge in [-0.2, -0.15) is 13.2 Å². The summed E-state index contributed by atoms with van der Waals surface area (Å²) in [5.74, 6) is -2.12. The van der Waals surface area contributed by atoms with Crippen molar-refractivity contribution < 1.29 is 22.4 Å². The minimum Gasteiger partial charge on any atom is -0.347 e. The smallest absolute Gasteiger partial charge is 0.347 e. The zero-order valence-corrected chi connectivity index (χ0v) is 19.5. The van der Waals surface area contributed by atoms with Crippen LogP contribution in [0, 0.1) is 18.7 Å². The minimum atomic E-state index is -4.32. The van der Waals surface area contributed by atoms with E-state index >= 15 is 0 Å². The van der Waals surface area contributed by atoms with Crippen LogP contribution < -0.4 is 5.32 Å². The van der Waals surface area contributed by atoms with Crippen LogP contribution in [0.5, 0.6) is 0 Å². The molecule has 0 fully saturated rings. The zero-order valence-electron chi connectivity index (χ0n) is 19.5. The summed E-state index contributed by atoms with van der Waals surface area (Å²) in [5, 5.41) is 6.90. The van der Waals surface area contributed by atoms with Gasteiger partial charge >= 0.3 is 6.18 Å². The summed E-state index contributed by atoms with van der Waals surface area (Å²) in [6, 6.07) is 1.20. The largest absolute Gasteiger partial charge is 0.392 e. The molecule has 0 aliphatic carbocycles. The number of fused-ring (bicyclic) bond motifs is 2. The molecule has 1 atom stereocenters. The van der Waals surface area contributed by atoms with Crippen LogP contribution in [0.2, 0.25) is 0 Å². The van der Waals surface area contributed by atoms with Gasteiger partial charge in [-0.15, -0.1) is 5.10 Å². The summed E-state index contributed by atoms with van der Waals surface area (Å²) in [6.07, 6.45) is 0.617. The Bertz CT molecular complexity index is 1460. The molecular formula is C23H22F4N8O. The third kappa shape index (κ3) is 4.40. The van der Waals surface area contributed by atoms with Gasteiger partial charge in [0.05, 0.1) is 11.6 Å². The molecular weight excluding hydrogens is 480 g/mol. The molecule has 1 aliphatic heterocycles. The number of hydrogen-bond donors (Lipinski definition) is 1. The van der Waals surface area contributed by atoms with Crippen LogP contribution in [0.4, 0.5) is 17.6 Å². The maximum Gasteiger partial charge on any atom is 0.392 e. The Kier molecular flexibility index (Phi) is 5.92. The number of carbonyl (C=O) groups excluding carboxylic acids is 1. The van der Waals surface area contributed by atoms with Gasteiger partial charge in [0, 0.05) is 38.1 Å². The average molecular weight is 502 g/mol. The molecule has 5 rings (SSSR count). The first kappa shape index (κ1) is 23.8.